The van der Waals surface area contributed by atoms with Crippen LogP contribution in [-0.2, 0) is 10.1 Å². The van der Waals surface area contributed by atoms with Gasteiger partial charge in [-0.25, -0.2) is 0 Å². The van der Waals surface area contributed by atoms with Crippen molar-refractivity contribution in [3.05, 3.63) is 29.8 Å². The number of halogens is 1. The zero-order valence-corrected chi connectivity index (χ0v) is 11.7. The molecule has 16 heavy (non-hydrogen) atoms. The first-order chi connectivity index (χ1) is 7.81. The van der Waals surface area contributed by atoms with Crippen molar-refractivity contribution in [1.82, 2.24) is 0 Å². The molecule has 0 amide bonds. The monoisotopic (exact) mass is 285 g/mol. The minimum Gasteiger partial charge on any atom is -0.380 e. The van der Waals surface area contributed by atoms with E-state index < -0.39 is 0 Å². The molecule has 1 aromatic rings. The van der Waals surface area contributed by atoms with E-state index in [1.54, 1.807) is 0 Å². The maximum Gasteiger partial charge on any atom is 0.0641 e. The molecule has 0 aliphatic carbocycles. The Balaban J connectivity index is 2.56. The van der Waals surface area contributed by atoms with Crippen molar-refractivity contribution in [1.29, 1.82) is 0 Å². The number of hydrogen-bond acceptors (Lipinski definition) is 2. The van der Waals surface area contributed by atoms with Crippen molar-refractivity contribution in [2.45, 2.75) is 19.2 Å². The van der Waals surface area contributed by atoms with E-state index in [1.165, 1.54) is 11.3 Å². The molecular weight excluding hydrogens is 266 g/mol. The number of ether oxygens (including phenoxy) is 1. The number of anilines is 1. The molecule has 0 unspecified atom stereocenters. The molecule has 0 saturated carbocycles. The molecule has 90 valence electrons. The van der Waals surface area contributed by atoms with Crippen molar-refractivity contribution in [3.63, 3.8) is 0 Å². The maximum atomic E-state index is 5.38. The molecule has 1 aromatic carbocycles. The highest BCUT2D eigenvalue weighted by atomic mass is 79.9. The highest BCUT2D eigenvalue weighted by Gasteiger charge is 2.03. The van der Waals surface area contributed by atoms with Gasteiger partial charge in [-0.3, -0.25) is 0 Å². The smallest absolute Gasteiger partial charge is 0.0641 e. The fourth-order valence-electron chi connectivity index (χ4n) is 1.58. The summed E-state index contributed by atoms with van der Waals surface area (Å²) in [6, 6.07) is 8.67. The van der Waals surface area contributed by atoms with Gasteiger partial charge in [-0.2, -0.15) is 0 Å². The molecule has 0 radical (unpaired) electrons. The number of nitrogens with zero attached hydrogens (tertiary/aromatic N) is 1. The van der Waals surface area contributed by atoms with E-state index in [2.05, 4.69) is 52.0 Å². The van der Waals surface area contributed by atoms with Gasteiger partial charge in [-0.1, -0.05) is 28.1 Å². The molecule has 3 heteroatoms. The maximum absolute atomic E-state index is 5.38. The first-order valence-electron chi connectivity index (χ1n) is 5.79. The van der Waals surface area contributed by atoms with E-state index in [9.17, 15) is 0 Å². The van der Waals surface area contributed by atoms with E-state index in [0.29, 0.717) is 0 Å². The predicted molar refractivity (Wildman–Crippen MR) is 73.5 cm³/mol. The third kappa shape index (κ3) is 4.14. The molecular formula is C13H20BrNO. The van der Waals surface area contributed by atoms with Crippen LogP contribution in [0.3, 0.4) is 0 Å². The van der Waals surface area contributed by atoms with Crippen molar-refractivity contribution < 1.29 is 4.74 Å². The Labute approximate surface area is 107 Å². The number of alkyl halides is 1. The van der Waals surface area contributed by atoms with E-state index >= 15 is 0 Å². The highest BCUT2D eigenvalue weighted by Crippen LogP contribution is 2.16. The molecule has 0 bridgehead atoms. The average Bonchev–Trinajstić information content (AvgIpc) is 2.35. The van der Waals surface area contributed by atoms with Gasteiger partial charge in [0.25, 0.3) is 0 Å². The first-order valence-corrected chi connectivity index (χ1v) is 6.91. The van der Waals surface area contributed by atoms with Crippen LogP contribution in [-0.4, -0.2) is 26.3 Å². The van der Waals surface area contributed by atoms with Crippen LogP contribution < -0.4 is 4.90 Å². The molecule has 0 spiro atoms. The summed E-state index contributed by atoms with van der Waals surface area (Å²) in [5.41, 5.74) is 2.58. The minimum atomic E-state index is 0.792. The topological polar surface area (TPSA) is 12.5 Å². The summed E-state index contributed by atoms with van der Waals surface area (Å²) in [6.07, 6.45) is 0. The average molecular weight is 286 g/mol. The Morgan fingerprint density at radius 3 is 2.38 bits per heavy atom. The van der Waals surface area contributed by atoms with E-state index in [-0.39, 0.29) is 0 Å². The lowest BCUT2D eigenvalue weighted by molar-refractivity contribution is 0.154. The van der Waals surface area contributed by atoms with Gasteiger partial charge in [-0.15, -0.1) is 0 Å². The first kappa shape index (κ1) is 13.5. The van der Waals surface area contributed by atoms with Crippen molar-refractivity contribution in [2.24, 2.45) is 0 Å². The molecule has 0 saturated heterocycles. The molecule has 0 atom stereocenters. The van der Waals surface area contributed by atoms with Crippen molar-refractivity contribution >= 4 is 21.6 Å². The lowest BCUT2D eigenvalue weighted by Gasteiger charge is -2.23. The molecule has 2 nitrogen and oxygen atoms in total. The van der Waals surface area contributed by atoms with Gasteiger partial charge in [0, 0.05) is 30.7 Å². The summed E-state index contributed by atoms with van der Waals surface area (Å²) in [4.78, 5) is 2.33. The van der Waals surface area contributed by atoms with Gasteiger partial charge in [0.15, 0.2) is 0 Å². The standard InChI is InChI=1S/C13H20BrNO/c1-3-15(9-10-16-4-2)13-7-5-12(11-14)6-8-13/h5-8H,3-4,9-11H2,1-2H3. The zero-order chi connectivity index (χ0) is 11.8. The molecule has 1 rings (SSSR count). The number of likely N-dealkylation sites (N-methyl/N-ethyl adjacent to an activating group) is 1. The molecule has 0 heterocycles. The van der Waals surface area contributed by atoms with Gasteiger partial charge in [0.1, 0.15) is 0 Å². The van der Waals surface area contributed by atoms with Crippen LogP contribution >= 0.6 is 15.9 Å². The normalized spacial score (nSPS) is 10.4. The van der Waals surface area contributed by atoms with E-state index in [4.69, 9.17) is 4.74 Å². The summed E-state index contributed by atoms with van der Waals surface area (Å²) in [7, 11) is 0. The van der Waals surface area contributed by atoms with Crippen LogP contribution in [0.2, 0.25) is 0 Å². The number of benzene rings is 1. The molecule has 0 N–H and O–H groups in total. The van der Waals surface area contributed by atoms with Gasteiger partial charge < -0.3 is 9.64 Å². The Bertz CT molecular complexity index is 286. The van der Waals surface area contributed by atoms with Gasteiger partial charge in [0.2, 0.25) is 0 Å². The predicted octanol–water partition coefficient (Wildman–Crippen LogP) is 3.44. The zero-order valence-electron chi connectivity index (χ0n) is 10.1. The van der Waals surface area contributed by atoms with Crippen LogP contribution in [0.25, 0.3) is 0 Å². The lowest BCUT2D eigenvalue weighted by atomic mass is 10.2. The largest absolute Gasteiger partial charge is 0.380 e. The second kappa shape index (κ2) is 7.69. The molecule has 0 aliphatic heterocycles. The SMILES string of the molecule is CCOCCN(CC)c1ccc(CBr)cc1. The Kier molecular flexibility index (Phi) is 6.50. The Hall–Kier alpha value is -0.540. The van der Waals surface area contributed by atoms with Crippen LogP contribution in [0.15, 0.2) is 24.3 Å². The Morgan fingerprint density at radius 1 is 1.19 bits per heavy atom. The van der Waals surface area contributed by atoms with Crippen molar-refractivity contribution in [2.75, 3.05) is 31.2 Å². The fourth-order valence-corrected chi connectivity index (χ4v) is 1.96. The van der Waals surface area contributed by atoms with E-state index in [1.807, 2.05) is 6.92 Å². The molecule has 0 aromatic heterocycles. The van der Waals surface area contributed by atoms with Crippen molar-refractivity contribution in [3.8, 4) is 0 Å². The highest BCUT2D eigenvalue weighted by molar-refractivity contribution is 9.08. The molecule has 0 fully saturated rings. The second-order valence-electron chi connectivity index (χ2n) is 3.58. The lowest BCUT2D eigenvalue weighted by Crippen LogP contribution is -2.27. The summed E-state index contributed by atoms with van der Waals surface area (Å²) in [5, 5.41) is 0.915. The third-order valence-electron chi connectivity index (χ3n) is 2.55. The summed E-state index contributed by atoms with van der Waals surface area (Å²) < 4.78 is 5.38. The van der Waals surface area contributed by atoms with Gasteiger partial charge in [0.05, 0.1) is 6.61 Å². The minimum absolute atomic E-state index is 0.792. The fraction of sp³-hybridized carbons (Fsp3) is 0.538. The van der Waals surface area contributed by atoms with Crippen LogP contribution in [0.4, 0.5) is 5.69 Å². The summed E-state index contributed by atoms with van der Waals surface area (Å²) >= 11 is 3.45. The van der Waals surface area contributed by atoms with Crippen LogP contribution in [0, 0.1) is 0 Å². The van der Waals surface area contributed by atoms with Gasteiger partial charge >= 0.3 is 0 Å². The second-order valence-corrected chi connectivity index (χ2v) is 4.14. The quantitative estimate of drug-likeness (QED) is 0.562. The Morgan fingerprint density at radius 2 is 1.88 bits per heavy atom. The molecule has 0 aliphatic rings. The summed E-state index contributed by atoms with van der Waals surface area (Å²) in [5.74, 6) is 0. The van der Waals surface area contributed by atoms with E-state index in [0.717, 1.165) is 31.6 Å². The van der Waals surface area contributed by atoms with Crippen LogP contribution in [0.5, 0.6) is 0 Å². The number of hydrogen-bond donors (Lipinski definition) is 0. The summed E-state index contributed by atoms with van der Waals surface area (Å²) in [6.45, 7) is 7.76. The van der Waals surface area contributed by atoms with Crippen LogP contribution in [0.1, 0.15) is 19.4 Å². The number of rotatable bonds is 7. The third-order valence-corrected chi connectivity index (χ3v) is 3.19. The van der Waals surface area contributed by atoms with Gasteiger partial charge in [-0.05, 0) is 31.5 Å².